The van der Waals surface area contributed by atoms with Crippen LogP contribution in [0.3, 0.4) is 0 Å². The van der Waals surface area contributed by atoms with Crippen molar-refractivity contribution < 1.29 is 8.42 Å². The quantitative estimate of drug-likeness (QED) is 0.738. The average molecular weight is 348 g/mol. The zero-order valence-corrected chi connectivity index (χ0v) is 14.4. The van der Waals surface area contributed by atoms with Gasteiger partial charge in [0.15, 0.2) is 0 Å². The standard InChI is InChI=1S/C16H16N2O3S2/c1-3-13-6-7-15(22-13)23(20,21)18-14-9-12(17)5-4-11(14)8-10(2)16(18)19/h4-9H,3,17H2,1-2H3. The van der Waals surface area contributed by atoms with Gasteiger partial charge >= 0.3 is 0 Å². The predicted molar refractivity (Wildman–Crippen MR) is 93.6 cm³/mol. The Labute approximate surface area is 138 Å². The van der Waals surface area contributed by atoms with Gasteiger partial charge in [-0.1, -0.05) is 13.0 Å². The second kappa shape index (κ2) is 5.50. The highest BCUT2D eigenvalue weighted by atomic mass is 32.2. The van der Waals surface area contributed by atoms with E-state index in [1.165, 1.54) is 17.4 Å². The summed E-state index contributed by atoms with van der Waals surface area (Å²) in [4.78, 5) is 13.5. The molecule has 120 valence electrons. The first-order valence-electron chi connectivity index (χ1n) is 7.11. The molecular formula is C16H16N2O3S2. The van der Waals surface area contributed by atoms with Crippen molar-refractivity contribution in [3.63, 3.8) is 0 Å². The molecule has 0 aliphatic carbocycles. The van der Waals surface area contributed by atoms with Crippen LogP contribution in [-0.4, -0.2) is 12.4 Å². The minimum Gasteiger partial charge on any atom is -0.399 e. The van der Waals surface area contributed by atoms with Gasteiger partial charge < -0.3 is 5.73 Å². The number of anilines is 1. The van der Waals surface area contributed by atoms with Crippen molar-refractivity contribution in [2.45, 2.75) is 24.5 Å². The van der Waals surface area contributed by atoms with E-state index < -0.39 is 15.6 Å². The topological polar surface area (TPSA) is 82.2 Å². The molecule has 0 aliphatic heterocycles. The Morgan fingerprint density at radius 1 is 1.17 bits per heavy atom. The van der Waals surface area contributed by atoms with Crippen LogP contribution in [0.5, 0.6) is 0 Å². The molecule has 23 heavy (non-hydrogen) atoms. The molecule has 0 spiro atoms. The number of benzene rings is 1. The van der Waals surface area contributed by atoms with Crippen LogP contribution in [-0.2, 0) is 16.4 Å². The fraction of sp³-hybridized carbons (Fsp3) is 0.188. The van der Waals surface area contributed by atoms with Crippen molar-refractivity contribution in [2.24, 2.45) is 0 Å². The lowest BCUT2D eigenvalue weighted by Crippen LogP contribution is -2.28. The monoisotopic (exact) mass is 348 g/mol. The van der Waals surface area contributed by atoms with Crippen LogP contribution in [0.4, 0.5) is 5.69 Å². The van der Waals surface area contributed by atoms with E-state index >= 15 is 0 Å². The number of fused-ring (bicyclic) bond motifs is 1. The Bertz CT molecular complexity index is 1060. The zero-order chi connectivity index (χ0) is 16.8. The first kappa shape index (κ1) is 15.8. The summed E-state index contributed by atoms with van der Waals surface area (Å²) >= 11 is 1.18. The highest BCUT2D eigenvalue weighted by Gasteiger charge is 2.24. The van der Waals surface area contributed by atoms with Crippen LogP contribution < -0.4 is 11.3 Å². The van der Waals surface area contributed by atoms with Gasteiger partial charge in [0, 0.05) is 16.1 Å². The Kier molecular flexibility index (Phi) is 3.77. The molecule has 0 fully saturated rings. The van der Waals surface area contributed by atoms with E-state index in [1.54, 1.807) is 37.3 Å². The van der Waals surface area contributed by atoms with Gasteiger partial charge in [-0.05, 0) is 49.1 Å². The highest BCUT2D eigenvalue weighted by Crippen LogP contribution is 2.26. The molecule has 0 bridgehead atoms. The maximum absolute atomic E-state index is 13.0. The minimum absolute atomic E-state index is 0.158. The van der Waals surface area contributed by atoms with Crippen molar-refractivity contribution in [3.8, 4) is 0 Å². The molecule has 3 rings (SSSR count). The molecule has 3 aromatic rings. The Morgan fingerprint density at radius 3 is 2.57 bits per heavy atom. The van der Waals surface area contributed by atoms with Crippen LogP contribution in [0.25, 0.3) is 10.9 Å². The third-order valence-corrected chi connectivity index (χ3v) is 7.04. The number of nitrogens with zero attached hydrogens (tertiary/aromatic N) is 1. The SMILES string of the molecule is CCc1ccc(S(=O)(=O)n2c(=O)c(C)cc3ccc(N)cc32)s1. The van der Waals surface area contributed by atoms with Gasteiger partial charge in [-0.25, -0.2) is 0 Å². The van der Waals surface area contributed by atoms with Gasteiger partial charge in [0.05, 0.1) is 5.52 Å². The van der Waals surface area contributed by atoms with Crippen molar-refractivity contribution >= 4 is 38.0 Å². The van der Waals surface area contributed by atoms with E-state index in [2.05, 4.69) is 0 Å². The Hall–Kier alpha value is -2.12. The highest BCUT2D eigenvalue weighted by molar-refractivity contribution is 7.92. The number of hydrogen-bond acceptors (Lipinski definition) is 5. The fourth-order valence-corrected chi connectivity index (χ4v) is 5.28. The van der Waals surface area contributed by atoms with E-state index in [0.29, 0.717) is 22.2 Å². The van der Waals surface area contributed by atoms with E-state index in [0.717, 1.165) is 15.3 Å². The maximum Gasteiger partial charge on any atom is 0.280 e. The lowest BCUT2D eigenvalue weighted by Gasteiger charge is -2.12. The summed E-state index contributed by atoms with van der Waals surface area (Å²) < 4.78 is 27.0. The van der Waals surface area contributed by atoms with Gasteiger partial charge in [0.2, 0.25) is 0 Å². The summed E-state index contributed by atoms with van der Waals surface area (Å²) in [5, 5.41) is 0.659. The zero-order valence-electron chi connectivity index (χ0n) is 12.7. The molecule has 0 aliphatic rings. The number of nitrogens with two attached hydrogens (primary N) is 1. The number of aromatic nitrogens is 1. The molecule has 2 heterocycles. The third kappa shape index (κ3) is 2.55. The summed E-state index contributed by atoms with van der Waals surface area (Å²) in [5.74, 6) is 0. The molecule has 0 amide bonds. The first-order chi connectivity index (χ1) is 10.8. The van der Waals surface area contributed by atoms with Crippen LogP contribution in [0, 0.1) is 6.92 Å². The second-order valence-corrected chi connectivity index (χ2v) is 8.48. The van der Waals surface area contributed by atoms with Gasteiger partial charge in [0.1, 0.15) is 4.21 Å². The minimum atomic E-state index is -3.96. The normalized spacial score (nSPS) is 11.9. The molecular weight excluding hydrogens is 332 g/mol. The molecule has 7 heteroatoms. The van der Waals surface area contributed by atoms with Gasteiger partial charge in [-0.2, -0.15) is 12.4 Å². The molecule has 0 atom stereocenters. The molecule has 2 N–H and O–H groups in total. The summed E-state index contributed by atoms with van der Waals surface area (Å²) in [6.45, 7) is 3.56. The first-order valence-corrected chi connectivity index (χ1v) is 9.36. The maximum atomic E-state index is 13.0. The van der Waals surface area contributed by atoms with Crippen molar-refractivity contribution in [1.29, 1.82) is 0 Å². The fourth-order valence-electron chi connectivity index (χ4n) is 2.44. The largest absolute Gasteiger partial charge is 0.399 e. The lowest BCUT2D eigenvalue weighted by atomic mass is 10.1. The average Bonchev–Trinajstić information content (AvgIpc) is 2.98. The molecule has 0 saturated heterocycles. The molecule has 0 saturated carbocycles. The number of thiophene rings is 1. The number of rotatable bonds is 3. The summed E-state index contributed by atoms with van der Waals surface area (Å²) in [6, 6.07) is 9.91. The smallest absolute Gasteiger partial charge is 0.280 e. The summed E-state index contributed by atoms with van der Waals surface area (Å²) in [5.41, 5.74) is 6.31. The molecule has 1 aromatic carbocycles. The number of hydrogen-bond donors (Lipinski definition) is 1. The Balaban J connectivity index is 2.40. The number of pyridine rings is 1. The van der Waals surface area contributed by atoms with Crippen LogP contribution in [0.15, 0.2) is 45.4 Å². The van der Waals surface area contributed by atoms with E-state index in [4.69, 9.17) is 5.73 Å². The van der Waals surface area contributed by atoms with Crippen LogP contribution >= 0.6 is 11.3 Å². The predicted octanol–water partition coefficient (Wildman–Crippen LogP) is 2.75. The van der Waals surface area contributed by atoms with E-state index in [9.17, 15) is 13.2 Å². The molecule has 0 radical (unpaired) electrons. The third-order valence-electron chi connectivity index (χ3n) is 3.65. The Morgan fingerprint density at radius 2 is 1.91 bits per heavy atom. The molecule has 5 nitrogen and oxygen atoms in total. The van der Waals surface area contributed by atoms with Crippen molar-refractivity contribution in [1.82, 2.24) is 3.97 Å². The van der Waals surface area contributed by atoms with Crippen LogP contribution in [0.2, 0.25) is 0 Å². The van der Waals surface area contributed by atoms with E-state index in [-0.39, 0.29) is 4.21 Å². The number of aryl methyl sites for hydroxylation is 2. The van der Waals surface area contributed by atoms with E-state index in [1.807, 2.05) is 6.92 Å². The molecule has 0 unspecified atom stereocenters. The number of nitrogen functional groups attached to an aromatic ring is 1. The van der Waals surface area contributed by atoms with Gasteiger partial charge in [0.25, 0.3) is 15.6 Å². The van der Waals surface area contributed by atoms with Gasteiger partial charge in [-0.15, -0.1) is 11.3 Å². The van der Waals surface area contributed by atoms with Crippen molar-refractivity contribution in [2.75, 3.05) is 5.73 Å². The van der Waals surface area contributed by atoms with Crippen LogP contribution in [0.1, 0.15) is 17.4 Å². The second-order valence-electron chi connectivity index (χ2n) is 5.29. The lowest BCUT2D eigenvalue weighted by molar-refractivity contribution is 0.589. The van der Waals surface area contributed by atoms with Crippen molar-refractivity contribution in [3.05, 3.63) is 57.2 Å². The van der Waals surface area contributed by atoms with Gasteiger partial charge in [-0.3, -0.25) is 4.79 Å². The molecule has 2 aromatic heterocycles. The summed E-state index contributed by atoms with van der Waals surface area (Å²) in [7, 11) is -3.96. The summed E-state index contributed by atoms with van der Waals surface area (Å²) in [6.07, 6.45) is 0.747.